The van der Waals surface area contributed by atoms with Gasteiger partial charge in [0.05, 0.1) is 11.6 Å². The van der Waals surface area contributed by atoms with E-state index >= 15 is 0 Å². The summed E-state index contributed by atoms with van der Waals surface area (Å²) in [6.45, 7) is 1.28. The summed E-state index contributed by atoms with van der Waals surface area (Å²) in [6.07, 6.45) is 0. The summed E-state index contributed by atoms with van der Waals surface area (Å²) in [6, 6.07) is 3.71. The van der Waals surface area contributed by atoms with E-state index in [0.29, 0.717) is 0 Å². The Morgan fingerprint density at radius 3 is 2.46 bits per heavy atom. The number of hydrogen-bond acceptors (Lipinski definition) is 2. The first-order valence-corrected chi connectivity index (χ1v) is 3.38. The molecule has 0 unspecified atom stereocenters. The molecule has 0 atom stereocenters. The highest BCUT2D eigenvalue weighted by Gasteiger charge is 2.14. The van der Waals surface area contributed by atoms with Crippen molar-refractivity contribution in [3.8, 4) is 6.07 Å². The van der Waals surface area contributed by atoms with E-state index in [1.165, 1.54) is 6.92 Å². The van der Waals surface area contributed by atoms with E-state index in [9.17, 15) is 13.4 Å². The van der Waals surface area contributed by atoms with Crippen molar-refractivity contribution >= 4 is 5.69 Å². The van der Waals surface area contributed by atoms with Gasteiger partial charge in [0, 0.05) is 5.56 Å². The molecule has 1 aromatic rings. The fourth-order valence-corrected chi connectivity index (χ4v) is 0.922. The van der Waals surface area contributed by atoms with E-state index < -0.39 is 16.8 Å². The monoisotopic (exact) mass is 186 g/mol. The van der Waals surface area contributed by atoms with Gasteiger partial charge in [-0.1, -0.05) is 8.96 Å². The Labute approximate surface area is 72.7 Å². The van der Waals surface area contributed by atoms with Gasteiger partial charge in [0.25, 0.3) is 0 Å². The van der Waals surface area contributed by atoms with E-state index in [0.717, 1.165) is 12.1 Å². The first-order chi connectivity index (χ1) is 6.07. The van der Waals surface area contributed by atoms with E-state index in [1.807, 2.05) is 0 Å². The molecule has 0 aliphatic heterocycles. The third kappa shape index (κ3) is 1.56. The largest absolute Gasteiger partial charge is 0.204 e. The zero-order valence-corrected chi connectivity index (χ0v) is 6.68. The molecule has 5 heteroatoms. The zero-order chi connectivity index (χ0) is 10.0. The molecule has 0 bridgehead atoms. The maximum absolute atomic E-state index is 13.0. The van der Waals surface area contributed by atoms with Crippen LogP contribution in [0.4, 0.5) is 19.0 Å². The van der Waals surface area contributed by atoms with Crippen molar-refractivity contribution in [3.05, 3.63) is 29.1 Å². The minimum absolute atomic E-state index is 0.0584. The van der Waals surface area contributed by atoms with Crippen LogP contribution >= 0.6 is 0 Å². The van der Waals surface area contributed by atoms with Crippen LogP contribution in [0.1, 0.15) is 11.1 Å². The molecule has 0 amide bonds. The van der Waals surface area contributed by atoms with Gasteiger partial charge in [-0.15, -0.1) is 0 Å². The van der Waals surface area contributed by atoms with Crippen LogP contribution in [0.5, 0.6) is 0 Å². The number of benzene rings is 1. The number of rotatable bonds is 1. The molecule has 0 aromatic heterocycles. The molecule has 0 N–H and O–H groups in total. The normalized spacial score (nSPS) is 9.46. The Bertz CT molecular complexity index is 368. The van der Waals surface area contributed by atoms with Gasteiger partial charge in [0.15, 0.2) is 5.82 Å². The van der Waals surface area contributed by atoms with Crippen LogP contribution in [0.15, 0.2) is 12.1 Å². The van der Waals surface area contributed by atoms with Crippen LogP contribution in [0.25, 0.3) is 0 Å². The minimum Gasteiger partial charge on any atom is -0.204 e. The van der Waals surface area contributed by atoms with Crippen molar-refractivity contribution in [1.82, 2.24) is 0 Å². The molecular formula is C8H5F3N2. The summed E-state index contributed by atoms with van der Waals surface area (Å²) in [4.78, 5) is 0. The maximum Gasteiger partial charge on any atom is 0.156 e. The second kappa shape index (κ2) is 3.35. The Kier molecular flexibility index (Phi) is 2.42. The van der Waals surface area contributed by atoms with Crippen molar-refractivity contribution in [2.45, 2.75) is 6.92 Å². The Morgan fingerprint density at radius 1 is 1.38 bits per heavy atom. The fourth-order valence-electron chi connectivity index (χ4n) is 0.922. The third-order valence-electron chi connectivity index (χ3n) is 1.67. The van der Waals surface area contributed by atoms with Crippen molar-refractivity contribution in [2.24, 2.45) is 0 Å². The topological polar surface area (TPSA) is 27.0 Å². The van der Waals surface area contributed by atoms with Gasteiger partial charge < -0.3 is 0 Å². The molecule has 0 radical (unpaired) electrons. The van der Waals surface area contributed by atoms with Crippen LogP contribution in [0.3, 0.4) is 0 Å². The predicted molar refractivity (Wildman–Crippen MR) is 40.5 cm³/mol. The molecule has 0 spiro atoms. The van der Waals surface area contributed by atoms with E-state index in [4.69, 9.17) is 5.26 Å². The first-order valence-electron chi connectivity index (χ1n) is 3.38. The Hall–Kier alpha value is -1.70. The Morgan fingerprint density at radius 2 is 2.00 bits per heavy atom. The smallest absolute Gasteiger partial charge is 0.156 e. The molecule has 0 fully saturated rings. The second-order valence-corrected chi connectivity index (χ2v) is 2.42. The fraction of sp³-hybridized carbons (Fsp3) is 0.125. The van der Waals surface area contributed by atoms with Gasteiger partial charge in [0.1, 0.15) is 5.69 Å². The van der Waals surface area contributed by atoms with Gasteiger partial charge in [0.2, 0.25) is 0 Å². The average molecular weight is 186 g/mol. The lowest BCUT2D eigenvalue weighted by molar-refractivity contribution is 0.230. The number of hydrogen-bond donors (Lipinski definition) is 0. The summed E-state index contributed by atoms with van der Waals surface area (Å²) in [5.74, 6) is -1.07. The lowest BCUT2D eigenvalue weighted by Crippen LogP contribution is -2.01. The zero-order valence-electron chi connectivity index (χ0n) is 6.68. The molecule has 1 aromatic carbocycles. The molecular weight excluding hydrogens is 181 g/mol. The predicted octanol–water partition coefficient (Wildman–Crippen LogP) is 2.58. The summed E-state index contributed by atoms with van der Waals surface area (Å²) in [5.41, 5.74) is -0.833. The lowest BCUT2D eigenvalue weighted by Gasteiger charge is -2.06. The highest BCUT2D eigenvalue weighted by molar-refractivity contribution is 5.52. The SMILES string of the molecule is Cc1c(C#N)ccc(N(F)F)c1F. The summed E-state index contributed by atoms with van der Waals surface area (Å²) in [5, 5.41) is 7.14. The number of anilines is 1. The molecule has 0 aliphatic rings. The molecule has 2 nitrogen and oxygen atoms in total. The molecule has 0 aliphatic carbocycles. The molecule has 0 saturated carbocycles. The lowest BCUT2D eigenvalue weighted by atomic mass is 10.1. The first kappa shape index (κ1) is 9.39. The molecule has 68 valence electrons. The highest BCUT2D eigenvalue weighted by Crippen LogP contribution is 2.24. The van der Waals surface area contributed by atoms with Gasteiger partial charge >= 0.3 is 0 Å². The van der Waals surface area contributed by atoms with Crippen LogP contribution in [-0.4, -0.2) is 0 Å². The van der Waals surface area contributed by atoms with Gasteiger partial charge in [-0.05, 0) is 24.4 Å². The Balaban J connectivity index is 3.33. The summed E-state index contributed by atoms with van der Waals surface area (Å²) >= 11 is 0. The molecule has 0 saturated heterocycles. The van der Waals surface area contributed by atoms with Crippen LogP contribution in [-0.2, 0) is 0 Å². The van der Waals surface area contributed by atoms with E-state index in [2.05, 4.69) is 0 Å². The summed E-state index contributed by atoms with van der Waals surface area (Å²) < 4.78 is 36.9. The van der Waals surface area contributed by atoms with Gasteiger partial charge in [-0.25, -0.2) is 4.39 Å². The second-order valence-electron chi connectivity index (χ2n) is 2.42. The maximum atomic E-state index is 13.0. The van der Waals surface area contributed by atoms with Gasteiger partial charge in [-0.2, -0.15) is 5.26 Å². The highest BCUT2D eigenvalue weighted by atomic mass is 19.4. The third-order valence-corrected chi connectivity index (χ3v) is 1.67. The van der Waals surface area contributed by atoms with Crippen LogP contribution in [0.2, 0.25) is 0 Å². The van der Waals surface area contributed by atoms with Crippen molar-refractivity contribution in [2.75, 3.05) is 5.34 Å². The van der Waals surface area contributed by atoms with Crippen molar-refractivity contribution in [3.63, 3.8) is 0 Å². The minimum atomic E-state index is -1.32. The average Bonchev–Trinajstić information content (AvgIpc) is 2.09. The van der Waals surface area contributed by atoms with E-state index in [-0.39, 0.29) is 11.1 Å². The number of halogens is 3. The van der Waals surface area contributed by atoms with Crippen LogP contribution in [0, 0.1) is 24.1 Å². The van der Waals surface area contributed by atoms with Crippen LogP contribution < -0.4 is 5.34 Å². The van der Waals surface area contributed by atoms with Crippen molar-refractivity contribution < 1.29 is 13.4 Å². The number of nitrogens with zero attached hydrogens (tertiary/aromatic N) is 2. The molecule has 1 rings (SSSR count). The standard InChI is InChI=1S/C8H5F3N2/c1-5-6(4-12)2-3-7(8(5)9)13(10)11/h2-3H,1H3. The molecule has 13 heavy (non-hydrogen) atoms. The molecule has 0 heterocycles. The van der Waals surface area contributed by atoms with Crippen molar-refractivity contribution in [1.29, 1.82) is 5.26 Å². The van der Waals surface area contributed by atoms with E-state index in [1.54, 1.807) is 6.07 Å². The summed E-state index contributed by atoms with van der Waals surface area (Å²) in [7, 11) is 0. The number of nitriles is 1. The quantitative estimate of drug-likeness (QED) is 0.630. The van der Waals surface area contributed by atoms with Gasteiger partial charge in [-0.3, -0.25) is 0 Å².